The van der Waals surface area contributed by atoms with Crippen molar-refractivity contribution < 1.29 is 5.11 Å². The third kappa shape index (κ3) is 4.00. The molecule has 0 aromatic carbocycles. The molecule has 0 unspecified atom stereocenters. The second-order valence-corrected chi connectivity index (χ2v) is 13.0. The van der Waals surface area contributed by atoms with E-state index in [1.54, 1.807) is 16.7 Å². The molecule has 3 fully saturated rings. The number of hydrogen-bond donors (Lipinski definition) is 1. The normalized spacial score (nSPS) is 44.2. The van der Waals surface area contributed by atoms with E-state index < -0.39 is 0 Å². The molecule has 0 aromatic heterocycles. The van der Waals surface area contributed by atoms with Gasteiger partial charge in [-0.25, -0.2) is 0 Å². The lowest BCUT2D eigenvalue weighted by atomic mass is 9.47. The first kappa shape index (κ1) is 23.6. The van der Waals surface area contributed by atoms with Gasteiger partial charge < -0.3 is 5.11 Å². The fourth-order valence-corrected chi connectivity index (χ4v) is 8.95. The molecular formula is C30H50O. The zero-order chi connectivity index (χ0) is 22.6. The van der Waals surface area contributed by atoms with Gasteiger partial charge in [-0.15, -0.1) is 0 Å². The second-order valence-electron chi connectivity index (χ2n) is 13.0. The quantitative estimate of drug-likeness (QED) is 0.438. The van der Waals surface area contributed by atoms with Crippen molar-refractivity contribution in [3.63, 3.8) is 0 Å². The molecule has 0 aromatic rings. The van der Waals surface area contributed by atoms with E-state index >= 15 is 0 Å². The summed E-state index contributed by atoms with van der Waals surface area (Å²) in [6.45, 7) is 17.2. The van der Waals surface area contributed by atoms with Crippen LogP contribution < -0.4 is 0 Å². The molecule has 3 saturated carbocycles. The van der Waals surface area contributed by atoms with E-state index in [-0.39, 0.29) is 6.10 Å². The zero-order valence-electron chi connectivity index (χ0n) is 21.6. The van der Waals surface area contributed by atoms with Crippen LogP contribution in [0.5, 0.6) is 0 Å². The van der Waals surface area contributed by atoms with Crippen LogP contribution in [0.15, 0.2) is 22.8 Å². The Labute approximate surface area is 193 Å². The topological polar surface area (TPSA) is 20.2 Å². The highest BCUT2D eigenvalue weighted by molar-refractivity contribution is 5.25. The minimum atomic E-state index is -0.0849. The van der Waals surface area contributed by atoms with Crippen molar-refractivity contribution in [2.75, 3.05) is 0 Å². The summed E-state index contributed by atoms with van der Waals surface area (Å²) in [5.41, 5.74) is 5.80. The standard InChI is InChI=1S/C30H50O/c1-19(2)22(5)20(3)8-9-21(4)26-12-13-27-25-11-10-23-18-24(31)14-16-29(23,6)28(25)15-17-30(26,27)7/h10,19,21,24-28,31H,8-9,11-18H2,1-7H3/b22-20+/t21-,24+,25+,26-,27+,28+,29+,30-/m1/s1. The molecule has 4 aliphatic carbocycles. The Morgan fingerprint density at radius 3 is 2.48 bits per heavy atom. The van der Waals surface area contributed by atoms with Crippen molar-refractivity contribution in [2.24, 2.45) is 46.3 Å². The molecule has 0 saturated heterocycles. The van der Waals surface area contributed by atoms with Gasteiger partial charge in [-0.1, -0.05) is 57.4 Å². The average Bonchev–Trinajstić information content (AvgIpc) is 3.09. The lowest BCUT2D eigenvalue weighted by molar-refractivity contribution is -0.0571. The molecule has 4 rings (SSSR count). The molecule has 0 spiro atoms. The summed E-state index contributed by atoms with van der Waals surface area (Å²) in [5, 5.41) is 10.3. The molecule has 1 heteroatoms. The summed E-state index contributed by atoms with van der Waals surface area (Å²) in [6.07, 6.45) is 15.4. The molecule has 0 aliphatic heterocycles. The first-order chi connectivity index (χ1) is 14.6. The van der Waals surface area contributed by atoms with Gasteiger partial charge in [0.1, 0.15) is 0 Å². The van der Waals surface area contributed by atoms with E-state index in [0.29, 0.717) is 16.7 Å². The molecule has 0 radical (unpaired) electrons. The number of hydrogen-bond acceptors (Lipinski definition) is 1. The molecule has 176 valence electrons. The number of allylic oxidation sites excluding steroid dienone is 3. The molecule has 4 aliphatic rings. The maximum absolute atomic E-state index is 10.3. The van der Waals surface area contributed by atoms with Crippen LogP contribution in [0.25, 0.3) is 0 Å². The van der Waals surface area contributed by atoms with Crippen molar-refractivity contribution in [1.29, 1.82) is 0 Å². The van der Waals surface area contributed by atoms with Gasteiger partial charge in [0.15, 0.2) is 0 Å². The predicted molar refractivity (Wildman–Crippen MR) is 133 cm³/mol. The maximum atomic E-state index is 10.3. The monoisotopic (exact) mass is 426 g/mol. The summed E-state index contributed by atoms with van der Waals surface area (Å²) >= 11 is 0. The van der Waals surface area contributed by atoms with Gasteiger partial charge in [0.25, 0.3) is 0 Å². The average molecular weight is 427 g/mol. The van der Waals surface area contributed by atoms with Gasteiger partial charge in [0, 0.05) is 0 Å². The minimum Gasteiger partial charge on any atom is -0.393 e. The van der Waals surface area contributed by atoms with Crippen LogP contribution in [0.2, 0.25) is 0 Å². The van der Waals surface area contributed by atoms with E-state index in [1.165, 1.54) is 51.4 Å². The maximum Gasteiger partial charge on any atom is 0.0577 e. The number of aliphatic hydroxyl groups excluding tert-OH is 1. The van der Waals surface area contributed by atoms with Crippen molar-refractivity contribution in [3.8, 4) is 0 Å². The van der Waals surface area contributed by atoms with Crippen LogP contribution in [0.4, 0.5) is 0 Å². The van der Waals surface area contributed by atoms with Crippen LogP contribution in [0.3, 0.4) is 0 Å². The Balaban J connectivity index is 1.48. The summed E-state index contributed by atoms with van der Waals surface area (Å²) in [5.74, 6) is 5.13. The minimum absolute atomic E-state index is 0.0849. The van der Waals surface area contributed by atoms with Crippen LogP contribution in [-0.4, -0.2) is 11.2 Å². The molecular weight excluding hydrogens is 376 g/mol. The Morgan fingerprint density at radius 2 is 1.77 bits per heavy atom. The Kier molecular flexibility index (Phi) is 6.59. The Morgan fingerprint density at radius 1 is 1.03 bits per heavy atom. The highest BCUT2D eigenvalue weighted by atomic mass is 16.3. The lowest BCUT2D eigenvalue weighted by Crippen LogP contribution is -2.50. The molecule has 8 atom stereocenters. The van der Waals surface area contributed by atoms with Crippen molar-refractivity contribution in [2.45, 2.75) is 119 Å². The van der Waals surface area contributed by atoms with Crippen LogP contribution in [-0.2, 0) is 0 Å². The third-order valence-electron chi connectivity index (χ3n) is 11.4. The van der Waals surface area contributed by atoms with Crippen LogP contribution in [0, 0.1) is 46.3 Å². The Bertz CT molecular complexity index is 729. The fraction of sp³-hybridized carbons (Fsp3) is 0.867. The van der Waals surface area contributed by atoms with Crippen molar-refractivity contribution in [3.05, 3.63) is 22.8 Å². The molecule has 0 bridgehead atoms. The molecule has 1 N–H and O–H groups in total. The van der Waals surface area contributed by atoms with Crippen LogP contribution >= 0.6 is 0 Å². The summed E-state index contributed by atoms with van der Waals surface area (Å²) in [7, 11) is 0. The zero-order valence-corrected chi connectivity index (χ0v) is 21.6. The number of rotatable bonds is 5. The van der Waals surface area contributed by atoms with Gasteiger partial charge in [0.2, 0.25) is 0 Å². The van der Waals surface area contributed by atoms with Gasteiger partial charge in [-0.05, 0) is 124 Å². The van der Waals surface area contributed by atoms with E-state index in [4.69, 9.17) is 0 Å². The van der Waals surface area contributed by atoms with Gasteiger partial charge in [0.05, 0.1) is 6.10 Å². The SMILES string of the molecule is C/C(CC[C@@H](C)[C@H]1CC[C@H]2[C@@H]3CC=C4C[C@@H](O)CC[C@]4(C)[C@H]3CC[C@]12C)=C(/C)C(C)C. The smallest absolute Gasteiger partial charge is 0.0577 e. The highest BCUT2D eigenvalue weighted by Gasteiger charge is 2.59. The van der Waals surface area contributed by atoms with E-state index in [0.717, 1.165) is 42.4 Å². The molecule has 0 heterocycles. The second kappa shape index (κ2) is 8.66. The van der Waals surface area contributed by atoms with Crippen molar-refractivity contribution in [1.82, 2.24) is 0 Å². The third-order valence-corrected chi connectivity index (χ3v) is 11.4. The number of aliphatic hydroxyl groups is 1. The van der Waals surface area contributed by atoms with Crippen LogP contribution in [0.1, 0.15) is 113 Å². The highest BCUT2D eigenvalue weighted by Crippen LogP contribution is 2.67. The fourth-order valence-electron chi connectivity index (χ4n) is 8.95. The predicted octanol–water partition coefficient (Wildman–Crippen LogP) is 8.34. The molecule has 31 heavy (non-hydrogen) atoms. The molecule has 1 nitrogen and oxygen atoms in total. The lowest BCUT2D eigenvalue weighted by Gasteiger charge is -2.58. The summed E-state index contributed by atoms with van der Waals surface area (Å²) in [4.78, 5) is 0. The van der Waals surface area contributed by atoms with E-state index in [2.05, 4.69) is 54.5 Å². The van der Waals surface area contributed by atoms with E-state index in [9.17, 15) is 5.11 Å². The summed E-state index contributed by atoms with van der Waals surface area (Å²) in [6, 6.07) is 0. The summed E-state index contributed by atoms with van der Waals surface area (Å²) < 4.78 is 0. The largest absolute Gasteiger partial charge is 0.393 e. The first-order valence-corrected chi connectivity index (χ1v) is 13.6. The van der Waals surface area contributed by atoms with Gasteiger partial charge >= 0.3 is 0 Å². The first-order valence-electron chi connectivity index (χ1n) is 13.6. The number of fused-ring (bicyclic) bond motifs is 5. The van der Waals surface area contributed by atoms with E-state index in [1.807, 2.05) is 0 Å². The van der Waals surface area contributed by atoms with Gasteiger partial charge in [-0.3, -0.25) is 0 Å². The van der Waals surface area contributed by atoms with Crippen molar-refractivity contribution >= 4 is 0 Å². The molecule has 0 amide bonds. The Hall–Kier alpha value is -0.560. The van der Waals surface area contributed by atoms with Gasteiger partial charge in [-0.2, -0.15) is 0 Å².